The lowest BCUT2D eigenvalue weighted by molar-refractivity contribution is -0.125. The van der Waals surface area contributed by atoms with Gasteiger partial charge in [0.05, 0.1) is 12.6 Å². The highest BCUT2D eigenvalue weighted by Crippen LogP contribution is 2.26. The third-order valence-corrected chi connectivity index (χ3v) is 5.41. The van der Waals surface area contributed by atoms with E-state index in [9.17, 15) is 9.59 Å². The average molecular weight is 404 g/mol. The first-order valence-corrected chi connectivity index (χ1v) is 9.88. The van der Waals surface area contributed by atoms with Crippen LogP contribution in [-0.2, 0) is 22.6 Å². The minimum atomic E-state index is -0.532. The molecule has 0 bridgehead atoms. The molecule has 3 N–H and O–H groups in total. The number of likely N-dealkylation sites (N-methyl/N-ethyl adjacent to an activating group) is 1. The second-order valence-corrected chi connectivity index (χ2v) is 7.58. The molecule has 3 heterocycles. The van der Waals surface area contributed by atoms with E-state index in [2.05, 4.69) is 10.3 Å². The molecule has 1 unspecified atom stereocenters. The Morgan fingerprint density at radius 3 is 3.00 bits per heavy atom. The monoisotopic (exact) mass is 404 g/mol. The molecule has 0 fully saturated rings. The predicted molar refractivity (Wildman–Crippen MR) is 116 cm³/mol. The van der Waals surface area contributed by atoms with Crippen LogP contribution >= 0.6 is 0 Å². The molecule has 30 heavy (non-hydrogen) atoms. The maximum atomic E-state index is 12.6. The van der Waals surface area contributed by atoms with Gasteiger partial charge < -0.3 is 20.4 Å². The standard InChI is InChI=1S/C23H24N4O3/c1-14-17-5-3-4-6-19(17)30-20(14)13-27(2)21(28)10-7-15-11-16-8-9-18(24)23(29)26-22(16)25-12-15/h3-7,10-12,18H,8-9,13,24H2,1-2H3,(H,25,26,29)/b10-7+. The Kier molecular flexibility index (Phi) is 5.37. The molecule has 4 rings (SSSR count). The van der Waals surface area contributed by atoms with Gasteiger partial charge in [-0.1, -0.05) is 18.2 Å². The summed E-state index contributed by atoms with van der Waals surface area (Å²) >= 11 is 0. The molecule has 7 nitrogen and oxygen atoms in total. The van der Waals surface area contributed by atoms with E-state index in [1.165, 1.54) is 6.08 Å². The van der Waals surface area contributed by atoms with Gasteiger partial charge in [0.2, 0.25) is 11.8 Å². The van der Waals surface area contributed by atoms with Crippen molar-refractivity contribution in [3.8, 4) is 0 Å². The average Bonchev–Trinajstić information content (AvgIpc) is 2.98. The van der Waals surface area contributed by atoms with Gasteiger partial charge in [-0.3, -0.25) is 9.59 Å². The number of pyridine rings is 1. The largest absolute Gasteiger partial charge is 0.459 e. The number of furan rings is 1. The first kappa shape index (κ1) is 19.8. The number of nitrogens with two attached hydrogens (primary N) is 1. The summed E-state index contributed by atoms with van der Waals surface area (Å²) in [5.41, 5.74) is 9.39. The summed E-state index contributed by atoms with van der Waals surface area (Å²) < 4.78 is 5.90. The number of benzene rings is 1. The van der Waals surface area contributed by atoms with E-state index in [1.54, 1.807) is 24.2 Å². The molecule has 1 aromatic carbocycles. The van der Waals surface area contributed by atoms with Crippen LogP contribution in [0, 0.1) is 6.92 Å². The van der Waals surface area contributed by atoms with Crippen LogP contribution in [-0.4, -0.2) is 34.8 Å². The number of rotatable bonds is 4. The zero-order valence-corrected chi connectivity index (χ0v) is 17.0. The van der Waals surface area contributed by atoms with Gasteiger partial charge >= 0.3 is 0 Å². The molecule has 2 aromatic heterocycles. The number of aryl methyl sites for hydroxylation is 2. The summed E-state index contributed by atoms with van der Waals surface area (Å²) in [6.45, 7) is 2.39. The minimum Gasteiger partial charge on any atom is -0.459 e. The van der Waals surface area contributed by atoms with Crippen LogP contribution < -0.4 is 11.1 Å². The molecule has 7 heteroatoms. The number of nitrogens with one attached hydrogen (secondary N) is 1. The highest BCUT2D eigenvalue weighted by Gasteiger charge is 2.21. The van der Waals surface area contributed by atoms with Crippen LogP contribution in [0.3, 0.4) is 0 Å². The highest BCUT2D eigenvalue weighted by molar-refractivity contribution is 5.95. The van der Waals surface area contributed by atoms with E-state index in [1.807, 2.05) is 37.3 Å². The van der Waals surface area contributed by atoms with Crippen molar-refractivity contribution < 1.29 is 14.0 Å². The van der Waals surface area contributed by atoms with Crippen LogP contribution in [0.5, 0.6) is 0 Å². The van der Waals surface area contributed by atoms with Gasteiger partial charge in [0.1, 0.15) is 17.2 Å². The maximum absolute atomic E-state index is 12.6. The summed E-state index contributed by atoms with van der Waals surface area (Å²) in [6, 6.07) is 9.23. The van der Waals surface area contributed by atoms with Crippen molar-refractivity contribution in [2.75, 3.05) is 12.4 Å². The van der Waals surface area contributed by atoms with Crippen molar-refractivity contribution in [3.05, 3.63) is 65.1 Å². The number of carbonyl (C=O) groups excluding carboxylic acids is 2. The third-order valence-electron chi connectivity index (χ3n) is 5.41. The predicted octanol–water partition coefficient (Wildman–Crippen LogP) is 3.02. The Morgan fingerprint density at radius 2 is 2.20 bits per heavy atom. The van der Waals surface area contributed by atoms with Crippen molar-refractivity contribution in [3.63, 3.8) is 0 Å². The van der Waals surface area contributed by atoms with Gasteiger partial charge in [-0.05, 0) is 49.1 Å². The van der Waals surface area contributed by atoms with E-state index in [0.29, 0.717) is 25.2 Å². The molecule has 0 saturated carbocycles. The number of anilines is 1. The van der Waals surface area contributed by atoms with Crippen LogP contribution in [0.25, 0.3) is 17.0 Å². The molecule has 3 aromatic rings. The number of fused-ring (bicyclic) bond motifs is 2. The van der Waals surface area contributed by atoms with Gasteiger partial charge in [0.25, 0.3) is 0 Å². The normalized spacial score (nSPS) is 16.4. The molecule has 1 aliphatic rings. The number of carbonyl (C=O) groups is 2. The molecule has 1 aliphatic heterocycles. The van der Waals surface area contributed by atoms with Crippen molar-refractivity contribution in [2.24, 2.45) is 5.73 Å². The minimum absolute atomic E-state index is 0.139. The van der Waals surface area contributed by atoms with Crippen molar-refractivity contribution in [1.82, 2.24) is 9.88 Å². The smallest absolute Gasteiger partial charge is 0.246 e. The van der Waals surface area contributed by atoms with Gasteiger partial charge in [0, 0.05) is 30.3 Å². The zero-order valence-electron chi connectivity index (χ0n) is 17.0. The number of aromatic nitrogens is 1. The lowest BCUT2D eigenvalue weighted by Gasteiger charge is -2.14. The molecule has 2 amide bonds. The lowest BCUT2D eigenvalue weighted by Crippen LogP contribution is -2.34. The Morgan fingerprint density at radius 1 is 1.40 bits per heavy atom. The Balaban J connectivity index is 1.45. The van der Waals surface area contributed by atoms with E-state index < -0.39 is 6.04 Å². The van der Waals surface area contributed by atoms with E-state index in [0.717, 1.165) is 33.4 Å². The fourth-order valence-corrected chi connectivity index (χ4v) is 3.54. The maximum Gasteiger partial charge on any atom is 0.246 e. The van der Waals surface area contributed by atoms with E-state index >= 15 is 0 Å². The molecule has 0 saturated heterocycles. The molecular weight excluding hydrogens is 380 g/mol. The van der Waals surface area contributed by atoms with Gasteiger partial charge in [-0.2, -0.15) is 0 Å². The summed E-state index contributed by atoms with van der Waals surface area (Å²) in [7, 11) is 1.74. The second-order valence-electron chi connectivity index (χ2n) is 7.58. The fourth-order valence-electron chi connectivity index (χ4n) is 3.54. The van der Waals surface area contributed by atoms with E-state index in [4.69, 9.17) is 10.2 Å². The zero-order chi connectivity index (χ0) is 21.3. The summed E-state index contributed by atoms with van der Waals surface area (Å²) in [6.07, 6.45) is 6.09. The molecule has 0 radical (unpaired) electrons. The SMILES string of the molecule is Cc1c(CN(C)C(=O)/C=C/c2cnc3c(c2)CCC(N)C(=O)N3)oc2ccccc12. The van der Waals surface area contributed by atoms with Crippen LogP contribution in [0.15, 0.2) is 47.0 Å². The molecule has 1 atom stereocenters. The van der Waals surface area contributed by atoms with Crippen molar-refractivity contribution >= 4 is 34.7 Å². The van der Waals surface area contributed by atoms with Crippen molar-refractivity contribution in [1.29, 1.82) is 0 Å². The summed E-state index contributed by atoms with van der Waals surface area (Å²) in [5.74, 6) is 0.954. The van der Waals surface area contributed by atoms with Crippen LogP contribution in [0.4, 0.5) is 5.82 Å². The quantitative estimate of drug-likeness (QED) is 0.651. The third kappa shape index (κ3) is 3.97. The van der Waals surface area contributed by atoms with Gasteiger partial charge in [0.15, 0.2) is 0 Å². The molecule has 154 valence electrons. The summed E-state index contributed by atoms with van der Waals surface area (Å²) in [4.78, 5) is 30.3. The van der Waals surface area contributed by atoms with E-state index in [-0.39, 0.29) is 11.8 Å². The first-order chi connectivity index (χ1) is 14.4. The Hall–Kier alpha value is -3.45. The fraction of sp³-hybridized carbons (Fsp3) is 0.261. The molecule has 0 spiro atoms. The number of hydrogen-bond acceptors (Lipinski definition) is 5. The Labute approximate surface area is 174 Å². The van der Waals surface area contributed by atoms with Crippen LogP contribution in [0.2, 0.25) is 0 Å². The van der Waals surface area contributed by atoms with Gasteiger partial charge in [-0.15, -0.1) is 0 Å². The number of para-hydroxylation sites is 1. The number of hydrogen-bond donors (Lipinski definition) is 2. The lowest BCUT2D eigenvalue weighted by atomic mass is 10.1. The second kappa shape index (κ2) is 8.12. The first-order valence-electron chi connectivity index (χ1n) is 9.88. The highest BCUT2D eigenvalue weighted by atomic mass is 16.3. The van der Waals surface area contributed by atoms with Crippen LogP contribution in [0.1, 0.15) is 28.9 Å². The van der Waals surface area contributed by atoms with Crippen molar-refractivity contribution in [2.45, 2.75) is 32.4 Å². The van der Waals surface area contributed by atoms with Gasteiger partial charge in [-0.25, -0.2) is 4.98 Å². The number of amides is 2. The molecule has 0 aliphatic carbocycles. The molecular formula is C23H24N4O3. The summed E-state index contributed by atoms with van der Waals surface area (Å²) in [5, 5.41) is 3.80. The topological polar surface area (TPSA) is 101 Å². The number of nitrogens with zero attached hydrogens (tertiary/aromatic N) is 2. The Bertz CT molecular complexity index is 1150.